The Morgan fingerprint density at radius 1 is 1.33 bits per heavy atom. The van der Waals surface area contributed by atoms with Crippen molar-refractivity contribution in [3.05, 3.63) is 55.6 Å². The number of halogens is 2. The van der Waals surface area contributed by atoms with Crippen molar-refractivity contribution in [3.8, 4) is 23.8 Å². The third-order valence-corrected chi connectivity index (χ3v) is 4.64. The van der Waals surface area contributed by atoms with Gasteiger partial charge in [-0.25, -0.2) is 5.43 Å². The summed E-state index contributed by atoms with van der Waals surface area (Å²) in [6.45, 7) is 2.55. The number of ether oxygens (including phenoxy) is 2. The Morgan fingerprint density at radius 2 is 2.07 bits per heavy atom. The van der Waals surface area contributed by atoms with Gasteiger partial charge in [-0.3, -0.25) is 4.79 Å². The second-order valence-corrected chi connectivity index (χ2v) is 7.43. The molecular formula is C20H18BrIN2O3. The van der Waals surface area contributed by atoms with Crippen LogP contribution in [0.5, 0.6) is 11.5 Å². The van der Waals surface area contributed by atoms with Crippen LogP contribution >= 0.6 is 38.5 Å². The largest absolute Gasteiger partial charge is 0.490 e. The molecule has 0 aliphatic heterocycles. The zero-order chi connectivity index (χ0) is 19.6. The van der Waals surface area contributed by atoms with E-state index in [9.17, 15) is 4.79 Å². The molecule has 2 rings (SSSR count). The summed E-state index contributed by atoms with van der Waals surface area (Å²) in [5.74, 6) is 3.44. The van der Waals surface area contributed by atoms with E-state index in [1.54, 1.807) is 12.3 Å². The summed E-state index contributed by atoms with van der Waals surface area (Å²) in [5, 5.41) is 4.02. The Morgan fingerprint density at radius 3 is 2.74 bits per heavy atom. The molecule has 0 aliphatic carbocycles. The van der Waals surface area contributed by atoms with Crippen LogP contribution in [-0.2, 0) is 11.2 Å². The molecule has 0 saturated carbocycles. The number of hydrazone groups is 1. The molecule has 2 aromatic carbocycles. The topological polar surface area (TPSA) is 59.9 Å². The highest BCUT2D eigenvalue weighted by Crippen LogP contribution is 2.33. The molecule has 0 aliphatic rings. The van der Waals surface area contributed by atoms with Gasteiger partial charge in [-0.05, 0) is 64.9 Å². The molecule has 0 bridgehead atoms. The number of carbonyl (C=O) groups excluding carboxylic acids is 1. The van der Waals surface area contributed by atoms with Gasteiger partial charge in [0, 0.05) is 4.47 Å². The highest BCUT2D eigenvalue weighted by Gasteiger charge is 2.11. The summed E-state index contributed by atoms with van der Waals surface area (Å²) in [6.07, 6.45) is 7.07. The molecule has 140 valence electrons. The number of terminal acetylenes is 1. The highest BCUT2D eigenvalue weighted by molar-refractivity contribution is 14.1. The molecule has 2 aromatic rings. The Bertz CT molecular complexity index is 861. The minimum absolute atomic E-state index is 0.162. The van der Waals surface area contributed by atoms with Crippen LogP contribution in [0, 0.1) is 15.9 Å². The van der Waals surface area contributed by atoms with E-state index in [1.165, 1.54) is 0 Å². The lowest BCUT2D eigenvalue weighted by molar-refractivity contribution is -0.120. The van der Waals surface area contributed by atoms with Gasteiger partial charge >= 0.3 is 0 Å². The molecular weight excluding hydrogens is 523 g/mol. The average molecular weight is 541 g/mol. The average Bonchev–Trinajstić information content (AvgIpc) is 2.63. The van der Waals surface area contributed by atoms with Crippen molar-refractivity contribution in [2.75, 3.05) is 13.2 Å². The molecule has 0 heterocycles. The first-order valence-corrected chi connectivity index (χ1v) is 9.99. The summed E-state index contributed by atoms with van der Waals surface area (Å²) >= 11 is 5.51. The van der Waals surface area contributed by atoms with Crippen molar-refractivity contribution in [2.45, 2.75) is 13.3 Å². The van der Waals surface area contributed by atoms with E-state index in [0.717, 1.165) is 19.2 Å². The maximum absolute atomic E-state index is 12.0. The number of carbonyl (C=O) groups is 1. The van der Waals surface area contributed by atoms with E-state index < -0.39 is 0 Å². The number of rotatable bonds is 8. The normalized spacial score (nSPS) is 10.4. The fourth-order valence-electron chi connectivity index (χ4n) is 2.19. The van der Waals surface area contributed by atoms with E-state index in [0.29, 0.717) is 18.1 Å². The van der Waals surface area contributed by atoms with Gasteiger partial charge in [0.1, 0.15) is 6.61 Å². The summed E-state index contributed by atoms with van der Waals surface area (Å²) in [5.41, 5.74) is 4.22. The van der Waals surface area contributed by atoms with E-state index in [-0.39, 0.29) is 18.9 Å². The van der Waals surface area contributed by atoms with Crippen LogP contribution in [-0.4, -0.2) is 25.3 Å². The first-order valence-electron chi connectivity index (χ1n) is 8.12. The molecule has 1 N–H and O–H groups in total. The molecule has 27 heavy (non-hydrogen) atoms. The molecule has 0 unspecified atom stereocenters. The molecule has 1 amide bonds. The first kappa shape index (κ1) is 21.3. The predicted octanol–water partition coefficient (Wildman–Crippen LogP) is 4.16. The van der Waals surface area contributed by atoms with Gasteiger partial charge in [0.2, 0.25) is 5.91 Å². The van der Waals surface area contributed by atoms with Crippen LogP contribution in [0.15, 0.2) is 46.0 Å². The zero-order valence-electron chi connectivity index (χ0n) is 14.7. The second-order valence-electron chi connectivity index (χ2n) is 5.35. The molecule has 0 spiro atoms. The third kappa shape index (κ3) is 6.88. The molecule has 0 atom stereocenters. The zero-order valence-corrected chi connectivity index (χ0v) is 18.4. The maximum Gasteiger partial charge on any atom is 0.244 e. The lowest BCUT2D eigenvalue weighted by Gasteiger charge is -2.13. The standard InChI is InChI=1S/C20H18BrIN2O3/c1-3-9-27-20-17(22)10-15(11-18(20)26-4-2)13-23-24-19(25)12-14-5-7-16(21)8-6-14/h1,5-8,10-11,13H,4,9,12H2,2H3,(H,24,25)/b23-13+. The lowest BCUT2D eigenvalue weighted by Crippen LogP contribution is -2.19. The molecule has 0 saturated heterocycles. The van der Waals surface area contributed by atoms with Gasteiger partial charge in [-0.1, -0.05) is 34.0 Å². The first-order chi connectivity index (χ1) is 13.0. The van der Waals surface area contributed by atoms with E-state index in [2.05, 4.69) is 55.0 Å². The molecule has 0 fully saturated rings. The van der Waals surface area contributed by atoms with E-state index >= 15 is 0 Å². The van der Waals surface area contributed by atoms with E-state index in [1.807, 2.05) is 37.3 Å². The summed E-state index contributed by atoms with van der Waals surface area (Å²) in [6, 6.07) is 11.2. The second kappa shape index (κ2) is 10.9. The van der Waals surface area contributed by atoms with Crippen LogP contribution in [0.3, 0.4) is 0 Å². The summed E-state index contributed by atoms with van der Waals surface area (Å²) in [4.78, 5) is 12.0. The van der Waals surface area contributed by atoms with Gasteiger partial charge in [0.15, 0.2) is 11.5 Å². The number of nitrogens with one attached hydrogen (secondary N) is 1. The Balaban J connectivity index is 2.03. The van der Waals surface area contributed by atoms with Crippen molar-refractivity contribution in [1.82, 2.24) is 5.43 Å². The SMILES string of the molecule is C#CCOc1c(I)cc(/C=N/NC(=O)Cc2ccc(Br)cc2)cc1OCC. The van der Waals surface area contributed by atoms with Crippen molar-refractivity contribution in [2.24, 2.45) is 5.10 Å². The van der Waals surface area contributed by atoms with Crippen LogP contribution in [0.25, 0.3) is 0 Å². The predicted molar refractivity (Wildman–Crippen MR) is 118 cm³/mol. The number of hydrogen-bond acceptors (Lipinski definition) is 4. The quantitative estimate of drug-likeness (QED) is 0.237. The van der Waals surface area contributed by atoms with E-state index in [4.69, 9.17) is 15.9 Å². The van der Waals surface area contributed by atoms with Crippen LogP contribution < -0.4 is 14.9 Å². The number of amides is 1. The van der Waals surface area contributed by atoms with Crippen molar-refractivity contribution in [1.29, 1.82) is 0 Å². The van der Waals surface area contributed by atoms with Gasteiger partial charge < -0.3 is 9.47 Å². The van der Waals surface area contributed by atoms with Gasteiger partial charge in [-0.2, -0.15) is 5.10 Å². The van der Waals surface area contributed by atoms with Crippen LogP contribution in [0.1, 0.15) is 18.1 Å². The van der Waals surface area contributed by atoms with Crippen molar-refractivity contribution < 1.29 is 14.3 Å². The van der Waals surface area contributed by atoms with Crippen molar-refractivity contribution >= 4 is 50.6 Å². The summed E-state index contributed by atoms with van der Waals surface area (Å²) in [7, 11) is 0. The maximum atomic E-state index is 12.0. The molecule has 0 aromatic heterocycles. The van der Waals surface area contributed by atoms with Gasteiger partial charge in [-0.15, -0.1) is 6.42 Å². The number of benzene rings is 2. The van der Waals surface area contributed by atoms with Crippen LogP contribution in [0.2, 0.25) is 0 Å². The number of hydrogen-bond donors (Lipinski definition) is 1. The van der Waals surface area contributed by atoms with Gasteiger partial charge in [0.25, 0.3) is 0 Å². The third-order valence-electron chi connectivity index (χ3n) is 3.31. The molecule has 7 heteroatoms. The fourth-order valence-corrected chi connectivity index (χ4v) is 3.23. The molecule has 0 radical (unpaired) electrons. The minimum atomic E-state index is -0.192. The summed E-state index contributed by atoms with van der Waals surface area (Å²) < 4.78 is 13.0. The van der Waals surface area contributed by atoms with Gasteiger partial charge in [0.05, 0.1) is 22.8 Å². The Hall–Kier alpha value is -2.05. The number of nitrogens with zero attached hydrogens (tertiary/aromatic N) is 1. The van der Waals surface area contributed by atoms with Crippen LogP contribution in [0.4, 0.5) is 0 Å². The monoisotopic (exact) mass is 540 g/mol. The minimum Gasteiger partial charge on any atom is -0.490 e. The highest BCUT2D eigenvalue weighted by atomic mass is 127. The smallest absolute Gasteiger partial charge is 0.244 e. The molecule has 5 nitrogen and oxygen atoms in total. The fraction of sp³-hybridized carbons (Fsp3) is 0.200. The van der Waals surface area contributed by atoms with Crippen molar-refractivity contribution in [3.63, 3.8) is 0 Å². The lowest BCUT2D eigenvalue weighted by atomic mass is 10.1. The Labute approximate surface area is 180 Å². The Kier molecular flexibility index (Phi) is 8.61.